The highest BCUT2D eigenvalue weighted by Gasteiger charge is 2.12. The van der Waals surface area contributed by atoms with Gasteiger partial charge in [-0.1, -0.05) is 26.0 Å². The Hall–Kier alpha value is -1.25. The Balaban J connectivity index is 2.77. The van der Waals surface area contributed by atoms with E-state index in [1.54, 1.807) is 13.0 Å². The van der Waals surface area contributed by atoms with Gasteiger partial charge in [-0.3, -0.25) is 4.79 Å². The average Bonchev–Trinajstić information content (AvgIpc) is 2.26. The molecule has 2 nitrogen and oxygen atoms in total. The lowest BCUT2D eigenvalue weighted by molar-refractivity contribution is 0.101. The highest BCUT2D eigenvalue weighted by Crippen LogP contribution is 2.16. The van der Waals surface area contributed by atoms with E-state index in [9.17, 15) is 4.79 Å². The maximum Gasteiger partial charge on any atom is 0.357 e. The molecule has 0 aliphatic heterocycles. The van der Waals surface area contributed by atoms with Crippen LogP contribution in [0.25, 0.3) is 0 Å². The molecule has 15 heavy (non-hydrogen) atoms. The van der Waals surface area contributed by atoms with Crippen molar-refractivity contribution in [2.45, 2.75) is 33.4 Å². The summed E-state index contributed by atoms with van der Waals surface area (Å²) in [6.45, 7) is 6.01. The van der Waals surface area contributed by atoms with Gasteiger partial charge in [0.15, 0.2) is 5.78 Å². The monoisotopic (exact) mass is 204 g/mol. The Morgan fingerprint density at radius 1 is 1.33 bits per heavy atom. The Kier molecular flexibility index (Phi) is 4.41. The number of Topliss-reactive ketones (excluding diaryl/α,β-unsaturated/α-hetero) is 1. The second kappa shape index (κ2) is 5.59. The first-order chi connectivity index (χ1) is 7.17. The maximum atomic E-state index is 11.2. The van der Waals surface area contributed by atoms with Gasteiger partial charge in [0.25, 0.3) is 0 Å². The summed E-state index contributed by atoms with van der Waals surface area (Å²) in [4.78, 5) is 11.2. The van der Waals surface area contributed by atoms with E-state index in [0.717, 1.165) is 18.4 Å². The molecular weight excluding hydrogens is 187 g/mol. The SMILES string of the molecule is CCB(CC)Oc1cccc(C(C)=O)c1. The molecule has 3 heteroatoms. The number of carbonyl (C=O) groups excluding carboxylic acids is 1. The molecule has 0 amide bonds. The van der Waals surface area contributed by atoms with Crippen LogP contribution >= 0.6 is 0 Å². The standard InChI is InChI=1S/C12H17BO2/c1-4-13(5-2)15-12-8-6-7-11(9-12)10(3)14/h6-9H,4-5H2,1-3H3. The minimum atomic E-state index is 0.0741. The van der Waals surface area contributed by atoms with Crippen LogP contribution < -0.4 is 4.65 Å². The van der Waals surface area contributed by atoms with Crippen molar-refractivity contribution >= 4 is 12.7 Å². The molecule has 0 aliphatic rings. The predicted octanol–water partition coefficient (Wildman–Crippen LogP) is 3.30. The molecule has 0 heterocycles. The van der Waals surface area contributed by atoms with Gasteiger partial charge in [-0.2, -0.15) is 0 Å². The minimum absolute atomic E-state index is 0.0741. The Labute approximate surface area is 91.8 Å². The van der Waals surface area contributed by atoms with Gasteiger partial charge < -0.3 is 4.65 Å². The van der Waals surface area contributed by atoms with Crippen molar-refractivity contribution in [2.24, 2.45) is 0 Å². The van der Waals surface area contributed by atoms with Crippen LogP contribution in [0.4, 0.5) is 0 Å². The van der Waals surface area contributed by atoms with Gasteiger partial charge in [-0.15, -0.1) is 0 Å². The normalized spacial score (nSPS) is 9.80. The zero-order valence-corrected chi connectivity index (χ0v) is 9.62. The molecule has 0 aromatic heterocycles. The fourth-order valence-electron chi connectivity index (χ4n) is 1.44. The second-order valence-corrected chi connectivity index (χ2v) is 3.64. The number of hydrogen-bond acceptors (Lipinski definition) is 2. The van der Waals surface area contributed by atoms with Crippen LogP contribution in [0, 0.1) is 0 Å². The molecule has 0 N–H and O–H groups in total. The largest absolute Gasteiger partial charge is 0.561 e. The van der Waals surface area contributed by atoms with Crippen molar-refractivity contribution in [3.05, 3.63) is 29.8 Å². The zero-order chi connectivity index (χ0) is 11.3. The lowest BCUT2D eigenvalue weighted by atomic mass is 9.62. The van der Waals surface area contributed by atoms with Crippen LogP contribution in [0.1, 0.15) is 31.1 Å². The summed E-state index contributed by atoms with van der Waals surface area (Å²) in [5, 5.41) is 0. The molecule has 0 atom stereocenters. The van der Waals surface area contributed by atoms with Crippen LogP contribution in [-0.2, 0) is 0 Å². The van der Waals surface area contributed by atoms with Gasteiger partial charge in [-0.05, 0) is 31.7 Å². The van der Waals surface area contributed by atoms with Crippen molar-refractivity contribution in [1.82, 2.24) is 0 Å². The number of carbonyl (C=O) groups is 1. The number of ketones is 1. The van der Waals surface area contributed by atoms with E-state index >= 15 is 0 Å². The third-order valence-electron chi connectivity index (χ3n) is 2.45. The highest BCUT2D eigenvalue weighted by molar-refractivity contribution is 6.52. The van der Waals surface area contributed by atoms with Gasteiger partial charge in [0.05, 0.1) is 5.75 Å². The molecule has 1 aromatic carbocycles. The summed E-state index contributed by atoms with van der Waals surface area (Å²) < 4.78 is 5.75. The van der Waals surface area contributed by atoms with E-state index in [4.69, 9.17) is 4.65 Å². The molecule has 0 saturated heterocycles. The van der Waals surface area contributed by atoms with Crippen molar-refractivity contribution < 1.29 is 9.45 Å². The summed E-state index contributed by atoms with van der Waals surface area (Å²) in [5.41, 5.74) is 0.707. The lowest BCUT2D eigenvalue weighted by Gasteiger charge is -2.12. The van der Waals surface area contributed by atoms with Gasteiger partial charge in [-0.25, -0.2) is 0 Å². The quantitative estimate of drug-likeness (QED) is 0.543. The van der Waals surface area contributed by atoms with Crippen LogP contribution in [-0.4, -0.2) is 12.7 Å². The van der Waals surface area contributed by atoms with E-state index in [1.165, 1.54) is 0 Å². The fourth-order valence-corrected chi connectivity index (χ4v) is 1.44. The van der Waals surface area contributed by atoms with Crippen LogP contribution in [0.5, 0.6) is 5.75 Å². The highest BCUT2D eigenvalue weighted by atomic mass is 16.4. The van der Waals surface area contributed by atoms with Crippen molar-refractivity contribution in [3.63, 3.8) is 0 Å². The minimum Gasteiger partial charge on any atom is -0.561 e. The summed E-state index contributed by atoms with van der Waals surface area (Å²) in [6.07, 6.45) is 1.97. The van der Waals surface area contributed by atoms with Crippen molar-refractivity contribution in [2.75, 3.05) is 0 Å². The van der Waals surface area contributed by atoms with E-state index in [1.807, 2.05) is 18.2 Å². The maximum absolute atomic E-state index is 11.2. The molecular formula is C12H17BO2. The van der Waals surface area contributed by atoms with Gasteiger partial charge in [0.2, 0.25) is 0 Å². The molecule has 80 valence electrons. The van der Waals surface area contributed by atoms with Gasteiger partial charge in [0.1, 0.15) is 0 Å². The summed E-state index contributed by atoms with van der Waals surface area (Å²) in [6, 6.07) is 7.36. The van der Waals surface area contributed by atoms with Crippen LogP contribution in [0.2, 0.25) is 12.6 Å². The van der Waals surface area contributed by atoms with E-state index in [2.05, 4.69) is 13.8 Å². The Bertz CT molecular complexity index is 332. The first kappa shape index (κ1) is 11.8. The van der Waals surface area contributed by atoms with E-state index in [0.29, 0.717) is 5.56 Å². The topological polar surface area (TPSA) is 26.3 Å². The molecule has 0 bridgehead atoms. The molecule has 0 fully saturated rings. The van der Waals surface area contributed by atoms with E-state index in [-0.39, 0.29) is 12.7 Å². The third kappa shape index (κ3) is 3.42. The molecule has 0 aliphatic carbocycles. The Morgan fingerprint density at radius 3 is 2.53 bits per heavy atom. The third-order valence-corrected chi connectivity index (χ3v) is 2.45. The first-order valence-corrected chi connectivity index (χ1v) is 5.45. The first-order valence-electron chi connectivity index (χ1n) is 5.45. The average molecular weight is 204 g/mol. The molecule has 1 rings (SSSR count). The fraction of sp³-hybridized carbons (Fsp3) is 0.417. The molecule has 0 spiro atoms. The number of benzene rings is 1. The van der Waals surface area contributed by atoms with Crippen molar-refractivity contribution in [3.8, 4) is 5.75 Å². The van der Waals surface area contributed by atoms with Crippen molar-refractivity contribution in [1.29, 1.82) is 0 Å². The van der Waals surface area contributed by atoms with Gasteiger partial charge >= 0.3 is 6.92 Å². The van der Waals surface area contributed by atoms with E-state index < -0.39 is 0 Å². The summed E-state index contributed by atoms with van der Waals surface area (Å²) >= 11 is 0. The van der Waals surface area contributed by atoms with Gasteiger partial charge in [0, 0.05) is 5.56 Å². The number of hydrogen-bond donors (Lipinski definition) is 0. The predicted molar refractivity (Wildman–Crippen MR) is 63.8 cm³/mol. The second-order valence-electron chi connectivity index (χ2n) is 3.64. The lowest BCUT2D eigenvalue weighted by Crippen LogP contribution is -2.18. The Morgan fingerprint density at radius 2 is 2.00 bits per heavy atom. The van der Waals surface area contributed by atoms with Crippen LogP contribution in [0.3, 0.4) is 0 Å². The molecule has 0 unspecified atom stereocenters. The van der Waals surface area contributed by atoms with Crippen LogP contribution in [0.15, 0.2) is 24.3 Å². The number of rotatable bonds is 5. The molecule has 1 aromatic rings. The molecule has 0 radical (unpaired) electrons. The molecule has 0 saturated carbocycles. The smallest absolute Gasteiger partial charge is 0.357 e. The summed E-state index contributed by atoms with van der Waals surface area (Å²) in [7, 11) is 0. The summed E-state index contributed by atoms with van der Waals surface area (Å²) in [5.74, 6) is 0.862. The zero-order valence-electron chi connectivity index (χ0n) is 9.62.